The maximum absolute atomic E-state index is 12.9. The second-order valence-electron chi connectivity index (χ2n) is 7.44. The van der Waals surface area contributed by atoms with Crippen molar-refractivity contribution in [3.8, 4) is 12.3 Å². The van der Waals surface area contributed by atoms with Crippen molar-refractivity contribution in [3.05, 3.63) is 29.8 Å². The van der Waals surface area contributed by atoms with Crippen LogP contribution in [0, 0.1) is 12.3 Å². The average Bonchev–Trinajstić information content (AvgIpc) is 2.60. The Morgan fingerprint density at radius 3 is 2.48 bits per heavy atom. The molecule has 0 aliphatic carbocycles. The smallest absolute Gasteiger partial charge is 0.389 e. The summed E-state index contributed by atoms with van der Waals surface area (Å²) in [6.07, 6.45) is 0.789. The summed E-state index contributed by atoms with van der Waals surface area (Å²) in [6.45, 7) is 6.98. The number of nitrogens with zero attached hydrogens (tertiary/aromatic N) is 2. The highest BCUT2D eigenvalue weighted by molar-refractivity contribution is 5.49. The first-order valence-corrected chi connectivity index (χ1v) is 9.01. The number of aliphatic hydroxyl groups is 1. The zero-order chi connectivity index (χ0) is 20.1. The fourth-order valence-electron chi connectivity index (χ4n) is 3.04. The van der Waals surface area contributed by atoms with Crippen molar-refractivity contribution in [2.45, 2.75) is 38.1 Å². The van der Waals surface area contributed by atoms with Gasteiger partial charge in [0.1, 0.15) is 0 Å². The largest absolute Gasteiger partial charge is 0.416 e. The van der Waals surface area contributed by atoms with Gasteiger partial charge in [0, 0.05) is 44.8 Å². The quantitative estimate of drug-likeness (QED) is 0.734. The van der Waals surface area contributed by atoms with Gasteiger partial charge < -0.3 is 14.7 Å². The Labute approximate surface area is 158 Å². The highest BCUT2D eigenvalue weighted by Gasteiger charge is 2.31. The van der Waals surface area contributed by atoms with E-state index in [1.54, 1.807) is 6.07 Å². The van der Waals surface area contributed by atoms with E-state index < -0.39 is 23.4 Å². The van der Waals surface area contributed by atoms with Crippen LogP contribution in [0.2, 0.25) is 0 Å². The Bertz CT molecular complexity index is 647. The van der Waals surface area contributed by atoms with E-state index in [1.807, 2.05) is 18.7 Å². The minimum atomic E-state index is -4.34. The standard InChI is InChI=1S/C20H27F3N2O2/c1-4-8-19(2,3)27-15-18(26)14-24-9-11-25(12-10-24)17-7-5-6-16(13-17)20(21,22)23/h1,5-7,13,18,26H,8-12,14-15H2,2-3H3. The fourth-order valence-corrected chi connectivity index (χ4v) is 3.04. The molecule has 1 aromatic carbocycles. The molecule has 7 heteroatoms. The summed E-state index contributed by atoms with van der Waals surface area (Å²) < 4.78 is 44.3. The van der Waals surface area contributed by atoms with Crippen molar-refractivity contribution >= 4 is 5.69 Å². The number of rotatable bonds is 7. The highest BCUT2D eigenvalue weighted by atomic mass is 19.4. The molecule has 1 aliphatic rings. The van der Waals surface area contributed by atoms with Gasteiger partial charge in [0.05, 0.1) is 23.9 Å². The molecule has 1 unspecified atom stereocenters. The number of piperazine rings is 1. The van der Waals surface area contributed by atoms with Crippen LogP contribution in [0.4, 0.5) is 18.9 Å². The first-order valence-electron chi connectivity index (χ1n) is 9.01. The summed E-state index contributed by atoms with van der Waals surface area (Å²) in [4.78, 5) is 4.02. The Balaban J connectivity index is 1.81. The summed E-state index contributed by atoms with van der Waals surface area (Å²) in [5.74, 6) is 2.55. The molecule has 1 fully saturated rings. The van der Waals surface area contributed by atoms with Gasteiger partial charge in [-0.15, -0.1) is 12.3 Å². The maximum atomic E-state index is 12.9. The third kappa shape index (κ3) is 6.73. The molecule has 1 saturated heterocycles. The van der Waals surface area contributed by atoms with Crippen LogP contribution in [0.1, 0.15) is 25.8 Å². The Hall–Kier alpha value is -1.75. The number of β-amino-alcohol motifs (C(OH)–C–C–N with tert-alkyl or cyclic N) is 1. The van der Waals surface area contributed by atoms with Crippen LogP contribution in [0.15, 0.2) is 24.3 Å². The molecule has 0 spiro atoms. The maximum Gasteiger partial charge on any atom is 0.416 e. The molecule has 0 bridgehead atoms. The van der Waals surface area contributed by atoms with Crippen LogP contribution >= 0.6 is 0 Å². The molecule has 1 heterocycles. The van der Waals surface area contributed by atoms with Crippen molar-refractivity contribution in [3.63, 3.8) is 0 Å². The van der Waals surface area contributed by atoms with E-state index in [0.717, 1.165) is 6.07 Å². The normalized spacial score (nSPS) is 17.6. The number of alkyl halides is 3. The van der Waals surface area contributed by atoms with Gasteiger partial charge in [-0.1, -0.05) is 6.07 Å². The predicted molar refractivity (Wildman–Crippen MR) is 99.6 cm³/mol. The number of ether oxygens (including phenoxy) is 1. The number of hydrogen-bond acceptors (Lipinski definition) is 4. The van der Waals surface area contributed by atoms with E-state index in [2.05, 4.69) is 10.8 Å². The zero-order valence-corrected chi connectivity index (χ0v) is 15.8. The number of benzene rings is 1. The minimum Gasteiger partial charge on any atom is -0.389 e. The SMILES string of the molecule is C#CCC(C)(C)OCC(O)CN1CCN(c2cccc(C(F)(F)F)c2)CC1. The van der Waals surface area contributed by atoms with Crippen molar-refractivity contribution in [2.75, 3.05) is 44.2 Å². The number of terminal acetylenes is 1. The van der Waals surface area contributed by atoms with Gasteiger partial charge in [0.15, 0.2) is 0 Å². The van der Waals surface area contributed by atoms with E-state index in [1.165, 1.54) is 12.1 Å². The minimum absolute atomic E-state index is 0.197. The van der Waals surface area contributed by atoms with E-state index in [4.69, 9.17) is 11.2 Å². The summed E-state index contributed by atoms with van der Waals surface area (Å²) in [7, 11) is 0. The van der Waals surface area contributed by atoms with E-state index >= 15 is 0 Å². The van der Waals surface area contributed by atoms with Gasteiger partial charge in [-0.05, 0) is 32.0 Å². The Morgan fingerprint density at radius 1 is 1.22 bits per heavy atom. The fraction of sp³-hybridized carbons (Fsp3) is 0.600. The van der Waals surface area contributed by atoms with Crippen LogP contribution in [-0.2, 0) is 10.9 Å². The number of hydrogen-bond donors (Lipinski definition) is 1. The van der Waals surface area contributed by atoms with E-state index in [0.29, 0.717) is 44.8 Å². The molecule has 1 aromatic rings. The zero-order valence-electron chi connectivity index (χ0n) is 15.8. The molecular weight excluding hydrogens is 357 g/mol. The van der Waals surface area contributed by atoms with Crippen LogP contribution in [0.3, 0.4) is 0 Å². The molecular formula is C20H27F3N2O2. The van der Waals surface area contributed by atoms with Crippen LogP contribution in [-0.4, -0.2) is 61.0 Å². The van der Waals surface area contributed by atoms with Gasteiger partial charge in [-0.3, -0.25) is 4.90 Å². The van der Waals surface area contributed by atoms with Crippen LogP contribution in [0.25, 0.3) is 0 Å². The van der Waals surface area contributed by atoms with Crippen LogP contribution in [0.5, 0.6) is 0 Å². The average molecular weight is 384 g/mol. The number of halogens is 3. The van der Waals surface area contributed by atoms with Crippen molar-refractivity contribution < 1.29 is 23.0 Å². The third-order valence-corrected chi connectivity index (χ3v) is 4.57. The van der Waals surface area contributed by atoms with Crippen molar-refractivity contribution in [1.82, 2.24) is 4.90 Å². The topological polar surface area (TPSA) is 35.9 Å². The molecule has 150 valence electrons. The Morgan fingerprint density at radius 2 is 1.89 bits per heavy atom. The lowest BCUT2D eigenvalue weighted by molar-refractivity contribution is -0.137. The first kappa shape index (κ1) is 21.5. The first-order chi connectivity index (χ1) is 12.6. The van der Waals surface area contributed by atoms with Crippen LogP contribution < -0.4 is 4.90 Å². The molecule has 27 heavy (non-hydrogen) atoms. The number of anilines is 1. The lowest BCUT2D eigenvalue weighted by Crippen LogP contribution is -2.49. The summed E-state index contributed by atoms with van der Waals surface area (Å²) >= 11 is 0. The van der Waals surface area contributed by atoms with Gasteiger partial charge in [0.2, 0.25) is 0 Å². The Kier molecular flexibility index (Phi) is 7.15. The molecule has 2 rings (SSSR count). The van der Waals surface area contributed by atoms with E-state index in [-0.39, 0.29) is 6.61 Å². The monoisotopic (exact) mass is 384 g/mol. The molecule has 4 nitrogen and oxygen atoms in total. The molecule has 0 amide bonds. The highest BCUT2D eigenvalue weighted by Crippen LogP contribution is 2.31. The predicted octanol–water partition coefficient (Wildman–Crippen LogP) is 3.01. The van der Waals surface area contributed by atoms with Gasteiger partial charge in [0.25, 0.3) is 0 Å². The molecule has 1 aliphatic heterocycles. The lowest BCUT2D eigenvalue weighted by atomic mass is 10.1. The van der Waals surface area contributed by atoms with Crippen molar-refractivity contribution in [2.24, 2.45) is 0 Å². The molecule has 0 saturated carbocycles. The second kappa shape index (κ2) is 8.96. The summed E-state index contributed by atoms with van der Waals surface area (Å²) in [5.41, 5.74) is -0.535. The van der Waals surface area contributed by atoms with E-state index in [9.17, 15) is 18.3 Å². The second-order valence-corrected chi connectivity index (χ2v) is 7.44. The molecule has 1 atom stereocenters. The van der Waals surface area contributed by atoms with Gasteiger partial charge in [-0.25, -0.2) is 0 Å². The van der Waals surface area contributed by atoms with Gasteiger partial charge in [-0.2, -0.15) is 13.2 Å². The number of aliphatic hydroxyl groups excluding tert-OH is 1. The third-order valence-electron chi connectivity index (χ3n) is 4.57. The summed E-state index contributed by atoms with van der Waals surface area (Å²) in [6, 6.07) is 5.40. The van der Waals surface area contributed by atoms with Crippen molar-refractivity contribution in [1.29, 1.82) is 0 Å². The lowest BCUT2D eigenvalue weighted by Gasteiger charge is -2.37. The summed E-state index contributed by atoms with van der Waals surface area (Å²) in [5, 5.41) is 10.2. The molecule has 0 aromatic heterocycles. The molecule has 1 N–H and O–H groups in total. The van der Waals surface area contributed by atoms with Gasteiger partial charge >= 0.3 is 6.18 Å². The molecule has 0 radical (unpaired) electrons.